The summed E-state index contributed by atoms with van der Waals surface area (Å²) in [6, 6.07) is 0. The number of ether oxygens (including phenoxy) is 4. The Labute approximate surface area is 613 Å². The molecule has 0 aliphatic heterocycles. The Balaban J connectivity index is 5.25. The lowest BCUT2D eigenvalue weighted by Gasteiger charge is -2.21. The van der Waals surface area contributed by atoms with Crippen LogP contribution in [0.3, 0.4) is 0 Å². The Morgan fingerprint density at radius 3 is 0.760 bits per heavy atom. The molecule has 0 fully saturated rings. The first kappa shape index (κ1) is 98.1. The summed E-state index contributed by atoms with van der Waals surface area (Å²) < 4.78 is 68.7. The molecule has 0 spiro atoms. The highest BCUT2D eigenvalue weighted by Gasteiger charge is 2.30. The second-order valence-electron chi connectivity index (χ2n) is 29.9. The van der Waals surface area contributed by atoms with Gasteiger partial charge in [0.25, 0.3) is 0 Å². The van der Waals surface area contributed by atoms with Crippen molar-refractivity contribution in [2.75, 3.05) is 39.6 Å². The van der Waals surface area contributed by atoms with Crippen LogP contribution in [0.2, 0.25) is 0 Å². The lowest BCUT2D eigenvalue weighted by atomic mass is 10.00. The number of carbonyl (C=O) groups excluding carboxylic acids is 4. The maximum Gasteiger partial charge on any atom is 0.472 e. The maximum absolute atomic E-state index is 13.1. The molecule has 19 heteroatoms. The van der Waals surface area contributed by atoms with E-state index in [-0.39, 0.29) is 25.7 Å². The summed E-state index contributed by atoms with van der Waals surface area (Å²) in [6.45, 7) is 9.63. The average Bonchev–Trinajstić information content (AvgIpc) is 0.945. The van der Waals surface area contributed by atoms with Crippen LogP contribution in [0.5, 0.6) is 0 Å². The van der Waals surface area contributed by atoms with Crippen molar-refractivity contribution in [3.05, 3.63) is 0 Å². The Kier molecular flexibility index (Phi) is 71.2. The van der Waals surface area contributed by atoms with Gasteiger partial charge in [-0.15, -0.1) is 0 Å². The molecule has 100 heavy (non-hydrogen) atoms. The predicted molar refractivity (Wildman–Crippen MR) is 409 cm³/mol. The first-order valence-electron chi connectivity index (χ1n) is 42.0. The molecule has 594 valence electrons. The van der Waals surface area contributed by atoms with Gasteiger partial charge in [-0.05, 0) is 37.5 Å². The van der Waals surface area contributed by atoms with Gasteiger partial charge >= 0.3 is 39.5 Å². The van der Waals surface area contributed by atoms with Crippen molar-refractivity contribution < 1.29 is 80.2 Å². The fourth-order valence-corrected chi connectivity index (χ4v) is 14.1. The second kappa shape index (κ2) is 72.6. The van der Waals surface area contributed by atoms with Crippen LogP contribution in [0, 0.1) is 11.8 Å². The zero-order valence-electron chi connectivity index (χ0n) is 65.5. The molecule has 0 aromatic rings. The highest BCUT2D eigenvalue weighted by molar-refractivity contribution is 7.47. The zero-order valence-corrected chi connectivity index (χ0v) is 67.3. The molecule has 0 rings (SSSR count). The van der Waals surface area contributed by atoms with Gasteiger partial charge in [0.15, 0.2) is 12.2 Å². The van der Waals surface area contributed by atoms with Crippen LogP contribution >= 0.6 is 15.6 Å². The summed E-state index contributed by atoms with van der Waals surface area (Å²) in [5, 5.41) is 10.6. The lowest BCUT2D eigenvalue weighted by molar-refractivity contribution is -0.161. The van der Waals surface area contributed by atoms with E-state index in [2.05, 4.69) is 41.5 Å². The Bertz CT molecular complexity index is 1930. The smallest absolute Gasteiger partial charge is 0.462 e. The molecule has 6 atom stereocenters. The van der Waals surface area contributed by atoms with Gasteiger partial charge in [-0.3, -0.25) is 37.3 Å². The van der Waals surface area contributed by atoms with E-state index in [9.17, 15) is 43.2 Å². The van der Waals surface area contributed by atoms with E-state index in [1.165, 1.54) is 238 Å². The molecule has 0 aromatic carbocycles. The van der Waals surface area contributed by atoms with E-state index in [0.717, 1.165) is 108 Å². The zero-order chi connectivity index (χ0) is 73.5. The van der Waals surface area contributed by atoms with Crippen molar-refractivity contribution in [2.45, 2.75) is 445 Å². The average molecular weight is 1470 g/mol. The van der Waals surface area contributed by atoms with Crippen molar-refractivity contribution in [3.63, 3.8) is 0 Å². The number of hydrogen-bond donors (Lipinski definition) is 3. The molecule has 0 bridgehead atoms. The number of hydrogen-bond acceptors (Lipinski definition) is 15. The largest absolute Gasteiger partial charge is 0.472 e. The highest BCUT2D eigenvalue weighted by atomic mass is 31.2. The number of aliphatic hydroxyl groups excluding tert-OH is 1. The molecule has 0 radical (unpaired) electrons. The third-order valence-corrected chi connectivity index (χ3v) is 21.2. The van der Waals surface area contributed by atoms with Crippen LogP contribution in [-0.4, -0.2) is 96.7 Å². The van der Waals surface area contributed by atoms with Gasteiger partial charge < -0.3 is 33.8 Å². The molecule has 0 aliphatic carbocycles. The fraction of sp³-hybridized carbons (Fsp3) is 0.951. The molecule has 17 nitrogen and oxygen atoms in total. The van der Waals surface area contributed by atoms with Crippen molar-refractivity contribution in [1.29, 1.82) is 0 Å². The normalized spacial score (nSPS) is 14.2. The standard InChI is InChI=1S/C81H158O17P2/c1-7-10-12-14-16-18-20-22-24-25-26-28-34-38-42-46-54-60-65-80(85)97-76(69-91-78(83)63-57-51-44-40-36-32-30-29-31-35-39-43-49-55-61-73(4)5)71-95-99(87,88)93-67-75(82)68-94-100(89,90)96-72-77(70-92-79(84)64-58-52-48-47-50-56-62-74(6)9-3)98-81(86)66-59-53-45-41-37-33-27-23-21-19-17-15-13-11-8-2/h73-77,82H,7-72H2,1-6H3,(H,87,88)(H,89,90)/t74?,75-,76-,77-/m1/s1. The van der Waals surface area contributed by atoms with Crippen LogP contribution in [0.4, 0.5) is 0 Å². The van der Waals surface area contributed by atoms with Crippen LogP contribution in [0.15, 0.2) is 0 Å². The summed E-state index contributed by atoms with van der Waals surface area (Å²) >= 11 is 0. The van der Waals surface area contributed by atoms with Gasteiger partial charge in [0, 0.05) is 25.7 Å². The summed E-state index contributed by atoms with van der Waals surface area (Å²) in [4.78, 5) is 73.0. The molecular weight excluding hydrogens is 1310 g/mol. The van der Waals surface area contributed by atoms with E-state index in [4.69, 9.17) is 37.0 Å². The number of aliphatic hydroxyl groups is 1. The van der Waals surface area contributed by atoms with Crippen molar-refractivity contribution in [2.24, 2.45) is 11.8 Å². The first-order chi connectivity index (χ1) is 48.4. The summed E-state index contributed by atoms with van der Waals surface area (Å²) in [5.74, 6) is -0.578. The van der Waals surface area contributed by atoms with Crippen molar-refractivity contribution >= 4 is 39.5 Å². The molecule has 0 saturated heterocycles. The Hall–Kier alpha value is -1.94. The van der Waals surface area contributed by atoms with Gasteiger partial charge in [0.05, 0.1) is 26.4 Å². The van der Waals surface area contributed by atoms with Crippen LogP contribution in [-0.2, 0) is 65.4 Å². The summed E-state index contributed by atoms with van der Waals surface area (Å²) in [5.41, 5.74) is 0. The van der Waals surface area contributed by atoms with E-state index in [0.29, 0.717) is 25.7 Å². The molecular formula is C81H158O17P2. The molecule has 3 N–H and O–H groups in total. The van der Waals surface area contributed by atoms with Crippen LogP contribution < -0.4 is 0 Å². The molecule has 0 aliphatic rings. The number of phosphoric ester groups is 2. The minimum atomic E-state index is -4.96. The molecule has 3 unspecified atom stereocenters. The molecule has 0 saturated carbocycles. The number of phosphoric acid groups is 2. The SMILES string of the molecule is CCCCCCCCCCCCCCCCCCCCC(=O)O[C@H](COC(=O)CCCCCCCCCCCCCCCCC(C)C)COP(=O)(O)OC[C@@H](O)COP(=O)(O)OC[C@@H](COC(=O)CCCCCCCCC(C)CC)OC(=O)CCCCCCCCCCCCCCCCC. The number of unbranched alkanes of at least 4 members (excludes halogenated alkanes) is 49. The van der Waals surface area contributed by atoms with Crippen LogP contribution in [0.1, 0.15) is 427 Å². The van der Waals surface area contributed by atoms with Gasteiger partial charge in [0.1, 0.15) is 19.3 Å². The van der Waals surface area contributed by atoms with Gasteiger partial charge in [0.2, 0.25) is 0 Å². The Morgan fingerprint density at radius 1 is 0.290 bits per heavy atom. The van der Waals surface area contributed by atoms with Crippen molar-refractivity contribution in [3.8, 4) is 0 Å². The topological polar surface area (TPSA) is 237 Å². The highest BCUT2D eigenvalue weighted by Crippen LogP contribution is 2.45. The van der Waals surface area contributed by atoms with E-state index in [1.807, 2.05) is 0 Å². The summed E-state index contributed by atoms with van der Waals surface area (Å²) in [6.07, 6.45) is 62.4. The van der Waals surface area contributed by atoms with E-state index >= 15 is 0 Å². The number of esters is 4. The Morgan fingerprint density at radius 2 is 0.510 bits per heavy atom. The van der Waals surface area contributed by atoms with Gasteiger partial charge in [-0.25, -0.2) is 9.13 Å². The lowest BCUT2D eigenvalue weighted by Crippen LogP contribution is -2.30. The van der Waals surface area contributed by atoms with Crippen LogP contribution in [0.25, 0.3) is 0 Å². The maximum atomic E-state index is 13.1. The molecule has 0 aromatic heterocycles. The van der Waals surface area contributed by atoms with Crippen molar-refractivity contribution in [1.82, 2.24) is 0 Å². The van der Waals surface area contributed by atoms with E-state index < -0.39 is 97.5 Å². The predicted octanol–water partition coefficient (Wildman–Crippen LogP) is 24.3. The van der Waals surface area contributed by atoms with Gasteiger partial charge in [-0.2, -0.15) is 0 Å². The first-order valence-corrected chi connectivity index (χ1v) is 45.0. The third kappa shape index (κ3) is 73.0. The number of carbonyl (C=O) groups is 4. The summed E-state index contributed by atoms with van der Waals surface area (Å²) in [7, 11) is -9.92. The second-order valence-corrected chi connectivity index (χ2v) is 32.8. The quantitative estimate of drug-likeness (QED) is 0.0222. The third-order valence-electron chi connectivity index (χ3n) is 19.3. The monoisotopic (exact) mass is 1470 g/mol. The minimum Gasteiger partial charge on any atom is -0.462 e. The number of rotatable bonds is 80. The van der Waals surface area contributed by atoms with E-state index in [1.54, 1.807) is 0 Å². The van der Waals surface area contributed by atoms with Gasteiger partial charge in [-0.1, -0.05) is 375 Å². The fourth-order valence-electron chi connectivity index (χ4n) is 12.5. The molecule has 0 amide bonds. The minimum absolute atomic E-state index is 0.107. The molecule has 0 heterocycles.